The molecule has 1 aromatic rings. The van der Waals surface area contributed by atoms with Gasteiger partial charge in [0.1, 0.15) is 0 Å². The second-order valence-corrected chi connectivity index (χ2v) is 3.38. The van der Waals surface area contributed by atoms with Gasteiger partial charge in [-0.1, -0.05) is 23.7 Å². The number of benzene rings is 1. The molecule has 0 radical (unpaired) electrons. The Hall–Kier alpha value is -0.530. The smallest absolute Gasteiger partial charge is 0.254 e. The predicted molar refractivity (Wildman–Crippen MR) is 51.1 cm³/mol. The van der Waals surface area contributed by atoms with Crippen LogP contribution in [0.25, 0.3) is 0 Å². The number of hydrogen-bond acceptors (Lipinski definition) is 1. The zero-order valence-corrected chi connectivity index (χ0v) is 8.33. The molecule has 64 valence electrons. The van der Waals surface area contributed by atoms with E-state index >= 15 is 0 Å². The first-order chi connectivity index (χ1) is 5.54. The van der Waals surface area contributed by atoms with Crippen molar-refractivity contribution in [2.24, 2.45) is 0 Å². The molecule has 0 N–H and O–H groups in total. The Bertz CT molecular complexity index is 332. The molecule has 0 amide bonds. The van der Waals surface area contributed by atoms with Gasteiger partial charge < -0.3 is 0 Å². The lowest BCUT2D eigenvalue weighted by molar-refractivity contribution is 0.108. The van der Waals surface area contributed by atoms with Crippen LogP contribution in [-0.2, 0) is 0 Å². The zero-order valence-electron chi connectivity index (χ0n) is 6.82. The lowest BCUT2D eigenvalue weighted by atomic mass is 10.1. The summed E-state index contributed by atoms with van der Waals surface area (Å²) in [7, 11) is 0. The van der Waals surface area contributed by atoms with Gasteiger partial charge in [-0.05, 0) is 36.6 Å². The highest BCUT2D eigenvalue weighted by atomic mass is 35.5. The van der Waals surface area contributed by atoms with Gasteiger partial charge in [0.2, 0.25) is 0 Å². The molecular weight excluding hydrogens is 195 g/mol. The molecule has 0 saturated heterocycles. The van der Waals surface area contributed by atoms with Crippen molar-refractivity contribution >= 4 is 28.4 Å². The Labute approximate surface area is 81.3 Å². The number of hydrogen-bond donors (Lipinski definition) is 0. The van der Waals surface area contributed by atoms with Gasteiger partial charge in [0, 0.05) is 0 Å². The van der Waals surface area contributed by atoms with Crippen LogP contribution in [0, 0.1) is 13.8 Å². The maximum Gasteiger partial charge on any atom is 0.254 e. The fourth-order valence-corrected chi connectivity index (χ4v) is 1.61. The minimum atomic E-state index is -0.499. The molecule has 0 unspecified atom stereocenters. The van der Waals surface area contributed by atoms with Crippen molar-refractivity contribution in [3.63, 3.8) is 0 Å². The third kappa shape index (κ3) is 1.62. The van der Waals surface area contributed by atoms with Crippen molar-refractivity contribution < 1.29 is 4.79 Å². The summed E-state index contributed by atoms with van der Waals surface area (Å²) >= 11 is 11.3. The quantitative estimate of drug-likeness (QED) is 0.639. The van der Waals surface area contributed by atoms with E-state index in [-0.39, 0.29) is 0 Å². The Balaban J connectivity index is 3.43. The monoisotopic (exact) mass is 202 g/mol. The molecule has 1 rings (SSSR count). The Kier molecular flexibility index (Phi) is 2.76. The summed E-state index contributed by atoms with van der Waals surface area (Å²) < 4.78 is 0. The Morgan fingerprint density at radius 3 is 2.17 bits per heavy atom. The van der Waals surface area contributed by atoms with E-state index in [9.17, 15) is 4.79 Å². The second-order valence-electron chi connectivity index (χ2n) is 2.66. The fraction of sp³-hybridized carbons (Fsp3) is 0.222. The van der Waals surface area contributed by atoms with Crippen LogP contribution < -0.4 is 0 Å². The molecule has 0 fully saturated rings. The lowest BCUT2D eigenvalue weighted by Crippen LogP contribution is -1.96. The van der Waals surface area contributed by atoms with E-state index in [0.29, 0.717) is 10.6 Å². The van der Waals surface area contributed by atoms with Crippen LogP contribution in [0.1, 0.15) is 21.5 Å². The second kappa shape index (κ2) is 3.46. The molecule has 0 bridgehead atoms. The van der Waals surface area contributed by atoms with Crippen LogP contribution in [0.3, 0.4) is 0 Å². The molecule has 1 nitrogen and oxygen atoms in total. The van der Waals surface area contributed by atoms with Gasteiger partial charge >= 0.3 is 0 Å². The minimum absolute atomic E-state index is 0.415. The van der Waals surface area contributed by atoms with Gasteiger partial charge in [-0.25, -0.2) is 0 Å². The van der Waals surface area contributed by atoms with Crippen molar-refractivity contribution in [1.82, 2.24) is 0 Å². The van der Waals surface area contributed by atoms with Crippen molar-refractivity contribution in [1.29, 1.82) is 0 Å². The number of halogens is 2. The van der Waals surface area contributed by atoms with Crippen LogP contribution in [0.2, 0.25) is 5.02 Å². The van der Waals surface area contributed by atoms with Gasteiger partial charge in [0.05, 0.1) is 10.6 Å². The molecule has 0 atom stereocenters. The topological polar surface area (TPSA) is 17.1 Å². The summed E-state index contributed by atoms with van der Waals surface area (Å²) in [5.41, 5.74) is 2.09. The molecule has 0 aromatic heterocycles. The average molecular weight is 203 g/mol. The van der Waals surface area contributed by atoms with E-state index in [2.05, 4.69) is 0 Å². The predicted octanol–water partition coefficient (Wildman–Crippen LogP) is 3.34. The Morgan fingerprint density at radius 2 is 1.75 bits per heavy atom. The fourth-order valence-electron chi connectivity index (χ4n) is 1.02. The molecule has 0 saturated carbocycles. The van der Waals surface area contributed by atoms with Crippen LogP contribution in [0.4, 0.5) is 0 Å². The van der Waals surface area contributed by atoms with Crippen molar-refractivity contribution in [3.05, 3.63) is 33.8 Å². The third-order valence-corrected chi connectivity index (χ3v) is 2.42. The van der Waals surface area contributed by atoms with Crippen LogP contribution in [-0.4, -0.2) is 5.24 Å². The average Bonchev–Trinajstić information content (AvgIpc) is 1.97. The van der Waals surface area contributed by atoms with E-state index in [1.165, 1.54) is 0 Å². The summed E-state index contributed by atoms with van der Waals surface area (Å²) in [5.74, 6) is 0. The Morgan fingerprint density at radius 1 is 1.25 bits per heavy atom. The van der Waals surface area contributed by atoms with E-state index in [1.807, 2.05) is 19.1 Å². The highest BCUT2D eigenvalue weighted by molar-refractivity contribution is 6.69. The molecule has 12 heavy (non-hydrogen) atoms. The summed E-state index contributed by atoms with van der Waals surface area (Å²) in [4.78, 5) is 10.9. The van der Waals surface area contributed by atoms with Crippen LogP contribution >= 0.6 is 23.2 Å². The largest absolute Gasteiger partial charge is 0.276 e. The highest BCUT2D eigenvalue weighted by Gasteiger charge is 2.12. The summed E-state index contributed by atoms with van der Waals surface area (Å²) in [6, 6.07) is 3.69. The molecule has 0 aliphatic heterocycles. The van der Waals surface area contributed by atoms with Crippen molar-refractivity contribution in [2.75, 3.05) is 0 Å². The third-order valence-electron chi connectivity index (χ3n) is 1.74. The molecule has 0 heterocycles. The van der Waals surface area contributed by atoms with Crippen molar-refractivity contribution in [3.8, 4) is 0 Å². The first kappa shape index (κ1) is 9.56. The van der Waals surface area contributed by atoms with Gasteiger partial charge in [0.25, 0.3) is 5.24 Å². The number of carbonyl (C=O) groups is 1. The van der Waals surface area contributed by atoms with E-state index in [4.69, 9.17) is 23.2 Å². The molecule has 3 heteroatoms. The standard InChI is InChI=1S/C9H8Cl2O/c1-5-3-4-6(2)8(10)7(5)9(11)12/h3-4H,1-2H3. The molecule has 0 aliphatic rings. The molecule has 0 aliphatic carbocycles. The summed E-state index contributed by atoms with van der Waals surface area (Å²) in [6.45, 7) is 3.64. The first-order valence-electron chi connectivity index (χ1n) is 3.49. The number of carbonyl (C=O) groups excluding carboxylic acids is 1. The van der Waals surface area contributed by atoms with Gasteiger partial charge in [-0.15, -0.1) is 0 Å². The van der Waals surface area contributed by atoms with Crippen LogP contribution in [0.5, 0.6) is 0 Å². The zero-order chi connectivity index (χ0) is 9.30. The normalized spacial score (nSPS) is 10.0. The van der Waals surface area contributed by atoms with E-state index in [0.717, 1.165) is 11.1 Å². The van der Waals surface area contributed by atoms with Gasteiger partial charge in [-0.3, -0.25) is 4.79 Å². The minimum Gasteiger partial charge on any atom is -0.276 e. The van der Waals surface area contributed by atoms with Gasteiger partial charge in [0.15, 0.2) is 0 Å². The van der Waals surface area contributed by atoms with E-state index in [1.54, 1.807) is 6.92 Å². The summed E-state index contributed by atoms with van der Waals surface area (Å²) in [5, 5.41) is -0.0452. The highest BCUT2D eigenvalue weighted by Crippen LogP contribution is 2.25. The first-order valence-corrected chi connectivity index (χ1v) is 4.25. The van der Waals surface area contributed by atoms with Gasteiger partial charge in [-0.2, -0.15) is 0 Å². The lowest BCUT2D eigenvalue weighted by Gasteiger charge is -2.05. The molecular formula is C9H8Cl2O. The maximum absolute atomic E-state index is 10.9. The van der Waals surface area contributed by atoms with Crippen LogP contribution in [0.15, 0.2) is 12.1 Å². The molecule has 0 spiro atoms. The molecule has 1 aromatic carbocycles. The van der Waals surface area contributed by atoms with Crippen molar-refractivity contribution in [2.45, 2.75) is 13.8 Å². The number of aryl methyl sites for hydroxylation is 2. The van der Waals surface area contributed by atoms with E-state index < -0.39 is 5.24 Å². The SMILES string of the molecule is Cc1ccc(C)c(C(=O)Cl)c1Cl. The summed E-state index contributed by atoms with van der Waals surface area (Å²) in [6.07, 6.45) is 0. The maximum atomic E-state index is 10.9. The number of rotatable bonds is 1.